The van der Waals surface area contributed by atoms with Crippen molar-refractivity contribution in [3.8, 4) is 0 Å². The smallest absolute Gasteiger partial charge is 0.327 e. The Hall–Kier alpha value is -2.90. The number of aromatic nitrogens is 2. The Morgan fingerprint density at radius 3 is 2.83 bits per heavy atom. The zero-order valence-corrected chi connectivity index (χ0v) is 12.6. The molecule has 1 aliphatic rings. The van der Waals surface area contributed by atoms with Gasteiger partial charge in [0, 0.05) is 31.6 Å². The lowest BCUT2D eigenvalue weighted by Crippen LogP contribution is -2.51. The number of nitrogens with zero attached hydrogens (tertiary/aromatic N) is 3. The van der Waals surface area contributed by atoms with Crippen LogP contribution in [0.5, 0.6) is 0 Å². The molecule has 120 valence electrons. The van der Waals surface area contributed by atoms with Crippen molar-refractivity contribution in [1.82, 2.24) is 19.8 Å². The molecule has 1 N–H and O–H groups in total. The van der Waals surface area contributed by atoms with Crippen LogP contribution in [0, 0.1) is 6.92 Å². The van der Waals surface area contributed by atoms with E-state index in [2.05, 4.69) is 9.97 Å². The van der Waals surface area contributed by atoms with Gasteiger partial charge in [-0.1, -0.05) is 6.07 Å². The summed E-state index contributed by atoms with van der Waals surface area (Å²) in [6.07, 6.45) is 3.21. The van der Waals surface area contributed by atoms with Crippen LogP contribution in [-0.4, -0.2) is 38.3 Å². The predicted octanol–water partition coefficient (Wildman–Crippen LogP) is 1.03. The second-order valence-corrected chi connectivity index (χ2v) is 5.32. The van der Waals surface area contributed by atoms with E-state index in [0.717, 1.165) is 4.90 Å². The van der Waals surface area contributed by atoms with E-state index in [9.17, 15) is 14.4 Å². The standard InChI is InChI=1S/C15H16N4O4/c1-10-17-12(9-23-10)8-18-6-4-13(20)19(15(18)22)7-11-3-2-5-16-14(11)21/h2-3,5,9H,4,6-8H2,1H3,(H,16,21). The van der Waals surface area contributed by atoms with Crippen LogP contribution in [0.4, 0.5) is 4.79 Å². The fourth-order valence-corrected chi connectivity index (χ4v) is 2.47. The highest BCUT2D eigenvalue weighted by atomic mass is 16.3. The summed E-state index contributed by atoms with van der Waals surface area (Å²) in [5, 5.41) is 0. The minimum atomic E-state index is -0.426. The first-order valence-corrected chi connectivity index (χ1v) is 7.21. The molecule has 3 rings (SSSR count). The number of nitrogens with one attached hydrogen (secondary N) is 1. The van der Waals surface area contributed by atoms with Crippen molar-refractivity contribution in [1.29, 1.82) is 0 Å². The Balaban J connectivity index is 1.76. The third kappa shape index (κ3) is 3.15. The molecule has 3 amide bonds. The maximum Gasteiger partial charge on any atom is 0.327 e. The first-order valence-electron chi connectivity index (χ1n) is 7.21. The lowest BCUT2D eigenvalue weighted by molar-refractivity contribution is -0.131. The van der Waals surface area contributed by atoms with Gasteiger partial charge in [-0.3, -0.25) is 14.5 Å². The van der Waals surface area contributed by atoms with Crippen molar-refractivity contribution in [3.05, 3.63) is 52.1 Å². The van der Waals surface area contributed by atoms with E-state index in [4.69, 9.17) is 4.42 Å². The molecule has 0 aromatic carbocycles. The highest BCUT2D eigenvalue weighted by Gasteiger charge is 2.32. The molecule has 0 unspecified atom stereocenters. The molecule has 1 fully saturated rings. The molecule has 0 atom stereocenters. The minimum absolute atomic E-state index is 0.0395. The van der Waals surface area contributed by atoms with Crippen LogP contribution in [0.15, 0.2) is 33.8 Å². The Morgan fingerprint density at radius 2 is 2.13 bits per heavy atom. The van der Waals surface area contributed by atoms with Gasteiger partial charge in [0.2, 0.25) is 5.91 Å². The molecule has 0 spiro atoms. The van der Waals surface area contributed by atoms with E-state index in [1.54, 1.807) is 19.1 Å². The van der Waals surface area contributed by atoms with Gasteiger partial charge in [-0.25, -0.2) is 9.78 Å². The number of urea groups is 1. The maximum atomic E-state index is 12.5. The van der Waals surface area contributed by atoms with Gasteiger partial charge in [0.25, 0.3) is 5.56 Å². The number of amides is 3. The van der Waals surface area contributed by atoms with Crippen molar-refractivity contribution in [3.63, 3.8) is 0 Å². The largest absolute Gasteiger partial charge is 0.449 e. The van der Waals surface area contributed by atoms with Crippen LogP contribution in [0.25, 0.3) is 0 Å². The Labute approximate surface area is 131 Å². The summed E-state index contributed by atoms with van der Waals surface area (Å²) >= 11 is 0. The molecular formula is C15H16N4O4. The third-order valence-corrected chi connectivity index (χ3v) is 3.65. The zero-order chi connectivity index (χ0) is 16.4. The molecule has 8 heteroatoms. The van der Waals surface area contributed by atoms with E-state index < -0.39 is 6.03 Å². The van der Waals surface area contributed by atoms with E-state index in [0.29, 0.717) is 23.7 Å². The Bertz CT molecular complexity index is 795. The van der Waals surface area contributed by atoms with Crippen LogP contribution in [-0.2, 0) is 17.9 Å². The fraction of sp³-hybridized carbons (Fsp3) is 0.333. The molecule has 0 radical (unpaired) electrons. The average molecular weight is 316 g/mol. The number of carbonyl (C=O) groups is 2. The number of carbonyl (C=O) groups excluding carboxylic acids is 2. The monoisotopic (exact) mass is 316 g/mol. The normalized spacial score (nSPS) is 15.3. The van der Waals surface area contributed by atoms with E-state index in [1.807, 2.05) is 0 Å². The van der Waals surface area contributed by atoms with Crippen molar-refractivity contribution in [2.75, 3.05) is 6.54 Å². The molecule has 2 aromatic heterocycles. The molecule has 1 aliphatic heterocycles. The van der Waals surface area contributed by atoms with Crippen molar-refractivity contribution in [2.45, 2.75) is 26.4 Å². The van der Waals surface area contributed by atoms with Crippen molar-refractivity contribution in [2.24, 2.45) is 0 Å². The zero-order valence-electron chi connectivity index (χ0n) is 12.6. The fourth-order valence-electron chi connectivity index (χ4n) is 2.47. The second kappa shape index (κ2) is 6.07. The number of hydrogen-bond donors (Lipinski definition) is 1. The summed E-state index contributed by atoms with van der Waals surface area (Å²) in [5.74, 6) is 0.235. The van der Waals surface area contributed by atoms with Gasteiger partial charge < -0.3 is 14.3 Å². The molecule has 23 heavy (non-hydrogen) atoms. The number of aryl methyl sites for hydroxylation is 1. The third-order valence-electron chi connectivity index (χ3n) is 3.65. The molecule has 1 saturated heterocycles. The average Bonchev–Trinajstić information content (AvgIpc) is 2.93. The van der Waals surface area contributed by atoms with Crippen molar-refractivity contribution >= 4 is 11.9 Å². The number of aromatic amines is 1. The van der Waals surface area contributed by atoms with Gasteiger partial charge in [0.15, 0.2) is 5.89 Å². The van der Waals surface area contributed by atoms with Gasteiger partial charge in [0.1, 0.15) is 6.26 Å². The van der Waals surface area contributed by atoms with Crippen molar-refractivity contribution < 1.29 is 14.0 Å². The predicted molar refractivity (Wildman–Crippen MR) is 79.3 cm³/mol. The van der Waals surface area contributed by atoms with Gasteiger partial charge >= 0.3 is 6.03 Å². The van der Waals surface area contributed by atoms with Crippen LogP contribution < -0.4 is 5.56 Å². The summed E-state index contributed by atoms with van der Waals surface area (Å²) < 4.78 is 5.13. The molecule has 8 nitrogen and oxygen atoms in total. The number of H-pyrrole nitrogens is 1. The molecular weight excluding hydrogens is 300 g/mol. The second-order valence-electron chi connectivity index (χ2n) is 5.32. The van der Waals surface area contributed by atoms with Gasteiger partial charge in [-0.15, -0.1) is 0 Å². The summed E-state index contributed by atoms with van der Waals surface area (Å²) in [7, 11) is 0. The lowest BCUT2D eigenvalue weighted by Gasteiger charge is -2.33. The highest BCUT2D eigenvalue weighted by molar-refractivity contribution is 5.96. The van der Waals surface area contributed by atoms with Crippen LogP contribution in [0.3, 0.4) is 0 Å². The minimum Gasteiger partial charge on any atom is -0.449 e. The summed E-state index contributed by atoms with van der Waals surface area (Å²) in [6, 6.07) is 2.83. The first kappa shape index (κ1) is 15.0. The molecule has 3 heterocycles. The summed E-state index contributed by atoms with van der Waals surface area (Å²) in [4.78, 5) is 45.6. The molecule has 0 bridgehead atoms. The van der Waals surface area contributed by atoms with Crippen LogP contribution >= 0.6 is 0 Å². The number of rotatable bonds is 4. The lowest BCUT2D eigenvalue weighted by atomic mass is 10.2. The van der Waals surface area contributed by atoms with E-state index in [1.165, 1.54) is 17.4 Å². The van der Waals surface area contributed by atoms with E-state index >= 15 is 0 Å². The maximum absolute atomic E-state index is 12.5. The van der Waals surface area contributed by atoms with Gasteiger partial charge in [-0.2, -0.15) is 0 Å². The number of hydrogen-bond acceptors (Lipinski definition) is 5. The summed E-state index contributed by atoms with van der Waals surface area (Å²) in [6.45, 7) is 2.28. The Morgan fingerprint density at radius 1 is 1.30 bits per heavy atom. The van der Waals surface area contributed by atoms with Gasteiger partial charge in [-0.05, 0) is 6.07 Å². The van der Waals surface area contributed by atoms with E-state index in [-0.39, 0.29) is 31.0 Å². The first-order chi connectivity index (χ1) is 11.0. The number of imide groups is 1. The molecule has 2 aromatic rings. The highest BCUT2D eigenvalue weighted by Crippen LogP contribution is 2.16. The van der Waals surface area contributed by atoms with Gasteiger partial charge in [0.05, 0.1) is 18.8 Å². The quantitative estimate of drug-likeness (QED) is 0.908. The molecule has 0 aliphatic carbocycles. The molecule has 0 saturated carbocycles. The topological polar surface area (TPSA) is 99.5 Å². The SMILES string of the molecule is Cc1nc(CN2CCC(=O)N(Cc3ccc[nH]c3=O)C2=O)co1. The van der Waals surface area contributed by atoms with Crippen LogP contribution in [0.2, 0.25) is 0 Å². The van der Waals surface area contributed by atoms with Crippen LogP contribution in [0.1, 0.15) is 23.6 Å². The summed E-state index contributed by atoms with van der Waals surface area (Å²) in [5.41, 5.74) is 0.688. The number of pyridine rings is 1. The Kier molecular flexibility index (Phi) is 3.96. The number of oxazole rings is 1.